The molecule has 0 radical (unpaired) electrons. The van der Waals surface area contributed by atoms with Gasteiger partial charge in [0, 0.05) is 22.3 Å². The second kappa shape index (κ2) is 6.43. The van der Waals surface area contributed by atoms with E-state index in [-0.39, 0.29) is 5.91 Å². The van der Waals surface area contributed by atoms with E-state index in [4.69, 9.17) is 5.73 Å². The molecule has 2 aromatic rings. The van der Waals surface area contributed by atoms with Crippen molar-refractivity contribution in [1.82, 2.24) is 5.32 Å². The average Bonchev–Trinajstić information content (AvgIpc) is 2.41. The molecule has 0 unspecified atom stereocenters. The monoisotopic (exact) mass is 333 g/mol. The lowest BCUT2D eigenvalue weighted by Crippen LogP contribution is -2.22. The lowest BCUT2D eigenvalue weighted by Gasteiger charge is -2.11. The van der Waals surface area contributed by atoms with Crippen LogP contribution in [0.1, 0.15) is 17.3 Å². The van der Waals surface area contributed by atoms with E-state index < -0.39 is 0 Å². The fraction of sp³-hybridized carbons (Fsp3) is 0.133. The van der Waals surface area contributed by atoms with Crippen LogP contribution in [0.4, 0.5) is 17.1 Å². The maximum absolute atomic E-state index is 11.8. The van der Waals surface area contributed by atoms with Gasteiger partial charge < -0.3 is 16.4 Å². The van der Waals surface area contributed by atoms with Gasteiger partial charge in [0.05, 0.1) is 11.4 Å². The van der Waals surface area contributed by atoms with Crippen LogP contribution in [0.3, 0.4) is 0 Å². The molecule has 0 bridgehead atoms. The topological polar surface area (TPSA) is 67.2 Å². The van der Waals surface area contributed by atoms with Crippen LogP contribution in [0.25, 0.3) is 0 Å². The molecule has 0 aliphatic heterocycles. The highest BCUT2D eigenvalue weighted by atomic mass is 79.9. The first-order chi connectivity index (χ1) is 9.60. The minimum atomic E-state index is -0.107. The Bertz CT molecular complexity index is 628. The molecule has 0 atom stereocenters. The normalized spacial score (nSPS) is 10.1. The molecule has 0 saturated heterocycles. The molecule has 0 spiro atoms. The molecule has 0 aliphatic carbocycles. The van der Waals surface area contributed by atoms with Gasteiger partial charge in [-0.05, 0) is 43.3 Å². The van der Waals surface area contributed by atoms with E-state index in [2.05, 4.69) is 26.6 Å². The first-order valence-electron chi connectivity index (χ1n) is 6.30. The number of hydrogen-bond donors (Lipinski definition) is 3. The zero-order chi connectivity index (χ0) is 14.5. The van der Waals surface area contributed by atoms with Gasteiger partial charge in [-0.15, -0.1) is 0 Å². The first-order valence-corrected chi connectivity index (χ1v) is 7.09. The Morgan fingerprint density at radius 1 is 1.25 bits per heavy atom. The van der Waals surface area contributed by atoms with Crippen molar-refractivity contribution in [3.8, 4) is 0 Å². The average molecular weight is 334 g/mol. The summed E-state index contributed by atoms with van der Waals surface area (Å²) in [6, 6.07) is 12.9. The van der Waals surface area contributed by atoms with Crippen molar-refractivity contribution in [2.75, 3.05) is 17.6 Å². The lowest BCUT2D eigenvalue weighted by atomic mass is 10.1. The smallest absolute Gasteiger partial charge is 0.251 e. The van der Waals surface area contributed by atoms with Crippen molar-refractivity contribution in [1.29, 1.82) is 0 Å². The van der Waals surface area contributed by atoms with E-state index in [0.717, 1.165) is 10.2 Å². The molecular formula is C15H16BrN3O. The minimum Gasteiger partial charge on any atom is -0.397 e. The van der Waals surface area contributed by atoms with Crippen molar-refractivity contribution in [2.24, 2.45) is 0 Å². The van der Waals surface area contributed by atoms with Gasteiger partial charge in [-0.25, -0.2) is 0 Å². The Morgan fingerprint density at radius 3 is 2.75 bits per heavy atom. The largest absolute Gasteiger partial charge is 0.397 e. The number of carbonyl (C=O) groups excluding carboxylic acids is 1. The fourth-order valence-electron chi connectivity index (χ4n) is 1.79. The summed E-state index contributed by atoms with van der Waals surface area (Å²) in [7, 11) is 0. The van der Waals surface area contributed by atoms with Crippen LogP contribution in [0.5, 0.6) is 0 Å². The van der Waals surface area contributed by atoms with Gasteiger partial charge in [0.1, 0.15) is 0 Å². The number of nitrogens with one attached hydrogen (secondary N) is 2. The van der Waals surface area contributed by atoms with Crippen molar-refractivity contribution in [3.63, 3.8) is 0 Å². The number of hydrogen-bond acceptors (Lipinski definition) is 3. The standard InChI is InChI=1S/C15H16BrN3O/c1-2-18-15(20)10-6-7-13(17)14(8-10)19-12-5-3-4-11(16)9-12/h3-9,19H,2,17H2,1H3,(H,18,20). The van der Waals surface area contributed by atoms with Crippen LogP contribution in [0, 0.1) is 0 Å². The SMILES string of the molecule is CCNC(=O)c1ccc(N)c(Nc2cccc(Br)c2)c1. The minimum absolute atomic E-state index is 0.107. The number of nitrogens with two attached hydrogens (primary N) is 1. The van der Waals surface area contributed by atoms with E-state index in [0.29, 0.717) is 23.5 Å². The molecule has 0 heterocycles. The second-order valence-electron chi connectivity index (χ2n) is 4.30. The Labute approximate surface area is 126 Å². The third kappa shape index (κ3) is 3.51. The van der Waals surface area contributed by atoms with Crippen LogP contribution < -0.4 is 16.4 Å². The van der Waals surface area contributed by atoms with Crippen molar-refractivity contribution >= 4 is 38.9 Å². The molecule has 1 amide bonds. The summed E-state index contributed by atoms with van der Waals surface area (Å²) >= 11 is 3.42. The Balaban J connectivity index is 2.27. The molecule has 5 heteroatoms. The Morgan fingerprint density at radius 2 is 2.05 bits per heavy atom. The Kier molecular flexibility index (Phi) is 4.63. The van der Waals surface area contributed by atoms with Crippen LogP contribution in [0.15, 0.2) is 46.9 Å². The van der Waals surface area contributed by atoms with Crippen molar-refractivity contribution in [3.05, 3.63) is 52.5 Å². The summed E-state index contributed by atoms with van der Waals surface area (Å²) in [4.78, 5) is 11.8. The summed E-state index contributed by atoms with van der Waals surface area (Å²) in [5.41, 5.74) is 8.74. The molecule has 2 rings (SSSR count). The second-order valence-corrected chi connectivity index (χ2v) is 5.21. The van der Waals surface area contributed by atoms with Gasteiger partial charge in [0.25, 0.3) is 5.91 Å². The van der Waals surface area contributed by atoms with E-state index in [1.807, 2.05) is 31.2 Å². The van der Waals surface area contributed by atoms with Gasteiger partial charge in [-0.1, -0.05) is 22.0 Å². The predicted molar refractivity (Wildman–Crippen MR) is 86.3 cm³/mol. The van der Waals surface area contributed by atoms with Crippen LogP contribution >= 0.6 is 15.9 Å². The van der Waals surface area contributed by atoms with Crippen LogP contribution in [0.2, 0.25) is 0 Å². The lowest BCUT2D eigenvalue weighted by molar-refractivity contribution is 0.0956. The molecule has 0 fully saturated rings. The van der Waals surface area contributed by atoms with E-state index in [9.17, 15) is 4.79 Å². The van der Waals surface area contributed by atoms with Gasteiger partial charge >= 0.3 is 0 Å². The summed E-state index contributed by atoms with van der Waals surface area (Å²) in [5.74, 6) is -0.107. The number of amides is 1. The van der Waals surface area contributed by atoms with Crippen molar-refractivity contribution < 1.29 is 4.79 Å². The fourth-order valence-corrected chi connectivity index (χ4v) is 2.19. The highest BCUT2D eigenvalue weighted by Gasteiger charge is 2.08. The quantitative estimate of drug-likeness (QED) is 0.750. The van der Waals surface area contributed by atoms with Crippen LogP contribution in [-0.2, 0) is 0 Å². The van der Waals surface area contributed by atoms with Crippen LogP contribution in [-0.4, -0.2) is 12.5 Å². The van der Waals surface area contributed by atoms with E-state index >= 15 is 0 Å². The van der Waals surface area contributed by atoms with Gasteiger partial charge in [0.2, 0.25) is 0 Å². The first kappa shape index (κ1) is 14.4. The molecule has 4 nitrogen and oxygen atoms in total. The maximum atomic E-state index is 11.8. The zero-order valence-electron chi connectivity index (χ0n) is 11.1. The highest BCUT2D eigenvalue weighted by Crippen LogP contribution is 2.26. The van der Waals surface area contributed by atoms with Gasteiger partial charge in [-0.3, -0.25) is 4.79 Å². The number of halogens is 1. The number of rotatable bonds is 4. The van der Waals surface area contributed by atoms with Crippen molar-refractivity contribution in [2.45, 2.75) is 6.92 Å². The highest BCUT2D eigenvalue weighted by molar-refractivity contribution is 9.10. The third-order valence-electron chi connectivity index (χ3n) is 2.76. The summed E-state index contributed by atoms with van der Waals surface area (Å²) in [6.07, 6.45) is 0. The molecule has 0 saturated carbocycles. The number of benzene rings is 2. The third-order valence-corrected chi connectivity index (χ3v) is 3.25. The molecule has 4 N–H and O–H groups in total. The van der Waals surface area contributed by atoms with E-state index in [1.165, 1.54) is 0 Å². The van der Waals surface area contributed by atoms with E-state index in [1.54, 1.807) is 18.2 Å². The number of carbonyl (C=O) groups is 1. The molecule has 2 aromatic carbocycles. The zero-order valence-corrected chi connectivity index (χ0v) is 12.7. The van der Waals surface area contributed by atoms with Gasteiger partial charge in [-0.2, -0.15) is 0 Å². The molecule has 20 heavy (non-hydrogen) atoms. The maximum Gasteiger partial charge on any atom is 0.251 e. The molecule has 0 aromatic heterocycles. The summed E-state index contributed by atoms with van der Waals surface area (Å²) in [6.45, 7) is 2.48. The summed E-state index contributed by atoms with van der Waals surface area (Å²) in [5, 5.41) is 5.98. The Hall–Kier alpha value is -2.01. The molecule has 104 valence electrons. The molecular weight excluding hydrogens is 318 g/mol. The van der Waals surface area contributed by atoms with Gasteiger partial charge in [0.15, 0.2) is 0 Å². The predicted octanol–water partition coefficient (Wildman–Crippen LogP) is 3.52. The number of anilines is 3. The molecule has 0 aliphatic rings. The summed E-state index contributed by atoms with van der Waals surface area (Å²) < 4.78 is 0.973. The number of nitrogen functional groups attached to an aromatic ring is 1.